The number of thioether (sulfide) groups is 2. The summed E-state index contributed by atoms with van der Waals surface area (Å²) in [5, 5.41) is 0. The molecule has 0 N–H and O–H groups in total. The lowest BCUT2D eigenvalue weighted by Crippen LogP contribution is -2.30. The van der Waals surface area contributed by atoms with Crippen molar-refractivity contribution in [1.82, 2.24) is 0 Å². The molecule has 0 aromatic heterocycles. The molecule has 0 radical (unpaired) electrons. The van der Waals surface area contributed by atoms with E-state index in [4.69, 9.17) is 18.9 Å². The minimum Gasteiger partial charge on any atom is -0.490 e. The number of hydrogen-bond acceptors (Lipinski definition) is 8. The molecule has 0 aliphatic heterocycles. The lowest BCUT2D eigenvalue weighted by molar-refractivity contribution is -0.144. The summed E-state index contributed by atoms with van der Waals surface area (Å²) in [6.07, 6.45) is 1.43. The second kappa shape index (κ2) is 14.8. The van der Waals surface area contributed by atoms with Crippen molar-refractivity contribution >= 4 is 35.5 Å². The van der Waals surface area contributed by atoms with E-state index in [1.807, 2.05) is 19.9 Å². The van der Waals surface area contributed by atoms with E-state index < -0.39 is 18.0 Å². The van der Waals surface area contributed by atoms with E-state index in [1.165, 1.54) is 11.8 Å². The van der Waals surface area contributed by atoms with Gasteiger partial charge in [-0.3, -0.25) is 0 Å². The first-order valence-electron chi connectivity index (χ1n) is 9.68. The Morgan fingerprint density at radius 3 is 2.37 bits per heavy atom. The average Bonchev–Trinajstić information content (AvgIpc) is 2.75. The molecule has 3 unspecified atom stereocenters. The van der Waals surface area contributed by atoms with Crippen LogP contribution in [0.2, 0.25) is 0 Å². The molecule has 0 saturated carbocycles. The van der Waals surface area contributed by atoms with Gasteiger partial charge < -0.3 is 18.9 Å². The van der Waals surface area contributed by atoms with Crippen LogP contribution in [0.25, 0.3) is 0 Å². The highest BCUT2D eigenvalue weighted by atomic mass is 32.2. The molecule has 0 fully saturated rings. The minimum atomic E-state index is -0.491. The lowest BCUT2D eigenvalue weighted by atomic mass is 10.3. The summed E-state index contributed by atoms with van der Waals surface area (Å²) in [6, 6.07) is 7.17. The normalized spacial score (nSPS) is 13.4. The molecule has 0 heterocycles. The van der Waals surface area contributed by atoms with Crippen molar-refractivity contribution in [3.63, 3.8) is 0 Å². The fourth-order valence-corrected chi connectivity index (χ4v) is 3.75. The summed E-state index contributed by atoms with van der Waals surface area (Å²) in [5.74, 6) is 2.55. The minimum absolute atomic E-state index is 0.219. The van der Waals surface area contributed by atoms with Gasteiger partial charge in [0.25, 0.3) is 0 Å². The Morgan fingerprint density at radius 1 is 1.07 bits per heavy atom. The Morgan fingerprint density at radius 2 is 1.73 bits per heavy atom. The molecule has 3 atom stereocenters. The van der Waals surface area contributed by atoms with E-state index in [1.54, 1.807) is 36.9 Å². The van der Waals surface area contributed by atoms with Gasteiger partial charge in [0.15, 0.2) is 5.44 Å². The highest BCUT2D eigenvalue weighted by Crippen LogP contribution is 2.26. The van der Waals surface area contributed by atoms with Crippen molar-refractivity contribution in [1.29, 1.82) is 0 Å². The molecule has 0 bridgehead atoms. The highest BCUT2D eigenvalue weighted by Gasteiger charge is 2.22. The number of hydrogen-bond donors (Lipinski definition) is 0. The third-order valence-electron chi connectivity index (χ3n) is 3.63. The van der Waals surface area contributed by atoms with E-state index in [-0.39, 0.29) is 18.1 Å². The molecular weight excluding hydrogens is 424 g/mol. The standard InChI is InChI=1S/C22H30O6S2/c1-6-20(23)26-16(5)22(30-9-4)28-18-12-10-11-17(13-18)25-14-19(15-29-8-3)27-21(24)7-2/h6-7,10-13,16,19,22H,1-2,8-9,14-15H2,3-5H3. The summed E-state index contributed by atoms with van der Waals surface area (Å²) >= 11 is 3.19. The highest BCUT2D eigenvalue weighted by molar-refractivity contribution is 7.99. The number of carbonyl (C=O) groups is 2. The molecule has 8 heteroatoms. The monoisotopic (exact) mass is 454 g/mol. The molecule has 0 aliphatic rings. The Balaban J connectivity index is 2.76. The first kappa shape index (κ1) is 26.0. The summed E-state index contributed by atoms with van der Waals surface area (Å²) in [5.41, 5.74) is -0.378. The Hall–Kier alpha value is -2.06. The van der Waals surface area contributed by atoms with Crippen LogP contribution in [0.5, 0.6) is 11.5 Å². The van der Waals surface area contributed by atoms with Crippen molar-refractivity contribution < 1.29 is 28.5 Å². The maximum atomic E-state index is 11.5. The number of rotatable bonds is 15. The fourth-order valence-electron chi connectivity index (χ4n) is 2.25. The molecule has 6 nitrogen and oxygen atoms in total. The van der Waals surface area contributed by atoms with Crippen LogP contribution < -0.4 is 9.47 Å². The molecule has 1 rings (SSSR count). The smallest absolute Gasteiger partial charge is 0.330 e. The number of ether oxygens (including phenoxy) is 4. The van der Waals surface area contributed by atoms with Crippen molar-refractivity contribution in [2.45, 2.75) is 38.4 Å². The Labute approximate surface area is 187 Å². The molecule has 0 aliphatic carbocycles. The van der Waals surface area contributed by atoms with Gasteiger partial charge in [0, 0.05) is 24.0 Å². The van der Waals surface area contributed by atoms with E-state index in [9.17, 15) is 9.59 Å². The zero-order valence-electron chi connectivity index (χ0n) is 17.7. The van der Waals surface area contributed by atoms with E-state index in [2.05, 4.69) is 13.2 Å². The van der Waals surface area contributed by atoms with Crippen molar-refractivity contribution in [2.24, 2.45) is 0 Å². The fraction of sp³-hybridized carbons (Fsp3) is 0.455. The average molecular weight is 455 g/mol. The molecule has 1 aromatic rings. The predicted molar refractivity (Wildman–Crippen MR) is 123 cm³/mol. The molecule has 166 valence electrons. The Bertz CT molecular complexity index is 694. The van der Waals surface area contributed by atoms with Crippen LogP contribution in [-0.2, 0) is 19.1 Å². The predicted octanol–water partition coefficient (Wildman–Crippen LogP) is 4.49. The van der Waals surface area contributed by atoms with Gasteiger partial charge in [-0.05, 0) is 30.6 Å². The number of benzene rings is 1. The molecule has 0 spiro atoms. The maximum absolute atomic E-state index is 11.5. The van der Waals surface area contributed by atoms with E-state index >= 15 is 0 Å². The van der Waals surface area contributed by atoms with Crippen LogP contribution in [0.3, 0.4) is 0 Å². The van der Waals surface area contributed by atoms with Gasteiger partial charge in [-0.1, -0.05) is 33.1 Å². The summed E-state index contributed by atoms with van der Waals surface area (Å²) in [7, 11) is 0. The first-order chi connectivity index (χ1) is 14.4. The van der Waals surface area contributed by atoms with E-state index in [0.29, 0.717) is 17.3 Å². The van der Waals surface area contributed by atoms with Crippen molar-refractivity contribution in [2.75, 3.05) is 23.9 Å². The van der Waals surface area contributed by atoms with Crippen LogP contribution >= 0.6 is 23.5 Å². The summed E-state index contributed by atoms with van der Waals surface area (Å²) < 4.78 is 22.5. The zero-order valence-corrected chi connectivity index (χ0v) is 19.3. The number of carbonyl (C=O) groups excluding carboxylic acids is 2. The van der Waals surface area contributed by atoms with Crippen LogP contribution in [0.1, 0.15) is 20.8 Å². The third-order valence-corrected chi connectivity index (χ3v) is 5.79. The molecule has 30 heavy (non-hydrogen) atoms. The summed E-state index contributed by atoms with van der Waals surface area (Å²) in [4.78, 5) is 23.0. The topological polar surface area (TPSA) is 71.1 Å². The van der Waals surface area contributed by atoms with Crippen LogP contribution in [0.4, 0.5) is 0 Å². The lowest BCUT2D eigenvalue weighted by Gasteiger charge is -2.24. The van der Waals surface area contributed by atoms with Crippen LogP contribution in [0, 0.1) is 0 Å². The van der Waals surface area contributed by atoms with Gasteiger partial charge in [0.2, 0.25) is 0 Å². The van der Waals surface area contributed by atoms with Gasteiger partial charge in [0.05, 0.1) is 0 Å². The maximum Gasteiger partial charge on any atom is 0.330 e. The van der Waals surface area contributed by atoms with Crippen LogP contribution in [0.15, 0.2) is 49.6 Å². The van der Waals surface area contributed by atoms with Crippen molar-refractivity contribution in [3.8, 4) is 11.5 Å². The van der Waals surface area contributed by atoms with Gasteiger partial charge in [-0.2, -0.15) is 11.8 Å². The van der Waals surface area contributed by atoms with Gasteiger partial charge in [-0.15, -0.1) is 11.8 Å². The first-order valence-corrected chi connectivity index (χ1v) is 11.9. The quantitative estimate of drug-likeness (QED) is 0.218. The van der Waals surface area contributed by atoms with Gasteiger partial charge in [-0.25, -0.2) is 9.59 Å². The number of esters is 2. The van der Waals surface area contributed by atoms with Gasteiger partial charge in [0.1, 0.15) is 30.3 Å². The third kappa shape index (κ3) is 10.1. The largest absolute Gasteiger partial charge is 0.490 e. The molecular formula is C22H30O6S2. The SMILES string of the molecule is C=CC(=O)OC(COc1cccc(OC(SCC)C(C)OC(=O)C=C)c1)CSCC. The Kier molecular flexibility index (Phi) is 12.9. The van der Waals surface area contributed by atoms with Crippen molar-refractivity contribution in [3.05, 3.63) is 49.6 Å². The zero-order chi connectivity index (χ0) is 22.4. The molecule has 1 aromatic carbocycles. The second-order valence-corrected chi connectivity index (χ2v) is 8.69. The summed E-state index contributed by atoms with van der Waals surface area (Å²) in [6.45, 7) is 12.9. The molecule has 0 amide bonds. The van der Waals surface area contributed by atoms with Crippen LogP contribution in [-0.4, -0.2) is 53.4 Å². The molecule has 0 saturated heterocycles. The van der Waals surface area contributed by atoms with E-state index in [0.717, 1.165) is 23.7 Å². The second-order valence-electron chi connectivity index (χ2n) is 6.00. The van der Waals surface area contributed by atoms with Gasteiger partial charge >= 0.3 is 11.9 Å².